The summed E-state index contributed by atoms with van der Waals surface area (Å²) in [7, 11) is 0. The first-order valence-electron chi connectivity index (χ1n) is 8.33. The maximum absolute atomic E-state index is 12.1. The molecule has 0 radical (unpaired) electrons. The topological polar surface area (TPSA) is 91.2 Å². The molecule has 1 saturated heterocycles. The average molecular weight is 332 g/mol. The number of H-pyrrole nitrogens is 1. The van der Waals surface area contributed by atoms with Gasteiger partial charge in [-0.25, -0.2) is 4.98 Å². The Morgan fingerprint density at radius 2 is 2.38 bits per heavy atom. The number of carbonyl (C=O) groups excluding carboxylic acids is 1. The lowest BCUT2D eigenvalue weighted by molar-refractivity contribution is -0.131. The largest absolute Gasteiger partial charge is 0.348 e. The van der Waals surface area contributed by atoms with Crippen LogP contribution < -0.4 is 0 Å². The van der Waals surface area contributed by atoms with Gasteiger partial charge in [0.15, 0.2) is 5.82 Å². The third-order valence-corrected chi connectivity index (χ3v) is 4.31. The molecule has 1 fully saturated rings. The van der Waals surface area contributed by atoms with Gasteiger partial charge in [0.1, 0.15) is 5.82 Å². The Balaban J connectivity index is 1.62. The van der Waals surface area contributed by atoms with Crippen molar-refractivity contribution in [2.45, 2.75) is 52.2 Å². The summed E-state index contributed by atoms with van der Waals surface area (Å²) in [6, 6.07) is 0.165. The number of imidazole rings is 1. The fraction of sp³-hybridized carbons (Fsp3) is 0.625. The first-order chi connectivity index (χ1) is 11.5. The van der Waals surface area contributed by atoms with E-state index in [-0.39, 0.29) is 17.9 Å². The van der Waals surface area contributed by atoms with Crippen LogP contribution in [0.2, 0.25) is 0 Å². The lowest BCUT2D eigenvalue weighted by Gasteiger charge is -2.26. The van der Waals surface area contributed by atoms with Gasteiger partial charge < -0.3 is 14.4 Å². The molecule has 1 atom stereocenters. The molecule has 130 valence electrons. The molecule has 3 heterocycles. The van der Waals surface area contributed by atoms with Crippen LogP contribution in [0, 0.1) is 0 Å². The number of likely N-dealkylation sites (tertiary alicyclic amines) is 1. The highest BCUT2D eigenvalue weighted by molar-refractivity contribution is 5.73. The zero-order chi connectivity index (χ0) is 17.1. The number of aromatic amines is 1. The standard InChI is InChI=1S/C16H24N6O2/c1-11(2)16-19-15(20-24-16)10-22(12(3)23)13-4-7-21(8-13)9-14-17-5-6-18-14/h5-6,11,13H,4,7-10H2,1-3H3,(H,17,18)/t13-/m1/s1. The Bertz CT molecular complexity index is 666. The summed E-state index contributed by atoms with van der Waals surface area (Å²) in [6.07, 6.45) is 4.52. The third kappa shape index (κ3) is 3.81. The van der Waals surface area contributed by atoms with Gasteiger partial charge >= 0.3 is 0 Å². The van der Waals surface area contributed by atoms with Crippen molar-refractivity contribution in [3.63, 3.8) is 0 Å². The number of hydrogen-bond donors (Lipinski definition) is 1. The van der Waals surface area contributed by atoms with Gasteiger partial charge in [-0.1, -0.05) is 19.0 Å². The highest BCUT2D eigenvalue weighted by Crippen LogP contribution is 2.20. The van der Waals surface area contributed by atoms with Gasteiger partial charge in [0.2, 0.25) is 11.8 Å². The molecule has 24 heavy (non-hydrogen) atoms. The average Bonchev–Trinajstić information content (AvgIpc) is 3.26. The van der Waals surface area contributed by atoms with Crippen molar-refractivity contribution >= 4 is 5.91 Å². The fourth-order valence-electron chi connectivity index (χ4n) is 3.02. The molecule has 8 nitrogen and oxygen atoms in total. The molecule has 0 aromatic carbocycles. The number of nitrogens with one attached hydrogen (secondary N) is 1. The van der Waals surface area contributed by atoms with Crippen molar-refractivity contribution in [2.75, 3.05) is 13.1 Å². The monoisotopic (exact) mass is 332 g/mol. The van der Waals surface area contributed by atoms with Crippen LogP contribution in [-0.4, -0.2) is 54.9 Å². The Labute approximate surface area is 141 Å². The Morgan fingerprint density at radius 3 is 3.00 bits per heavy atom. The van der Waals surface area contributed by atoms with Crippen LogP contribution in [0.15, 0.2) is 16.9 Å². The lowest BCUT2D eigenvalue weighted by atomic mass is 10.2. The molecule has 0 saturated carbocycles. The lowest BCUT2D eigenvalue weighted by Crippen LogP contribution is -2.40. The van der Waals surface area contributed by atoms with Gasteiger partial charge in [0, 0.05) is 44.4 Å². The predicted octanol–water partition coefficient (Wildman–Crippen LogP) is 1.54. The molecule has 0 aliphatic carbocycles. The summed E-state index contributed by atoms with van der Waals surface area (Å²) in [4.78, 5) is 28.0. The van der Waals surface area contributed by atoms with Crippen molar-refractivity contribution in [1.82, 2.24) is 29.9 Å². The molecule has 3 rings (SSSR count). The maximum Gasteiger partial charge on any atom is 0.229 e. The zero-order valence-electron chi connectivity index (χ0n) is 14.4. The quantitative estimate of drug-likeness (QED) is 0.863. The van der Waals surface area contributed by atoms with E-state index >= 15 is 0 Å². The molecule has 0 bridgehead atoms. The highest BCUT2D eigenvalue weighted by atomic mass is 16.5. The van der Waals surface area contributed by atoms with Crippen molar-refractivity contribution < 1.29 is 9.32 Å². The van der Waals surface area contributed by atoms with E-state index in [1.54, 1.807) is 13.1 Å². The number of amides is 1. The molecule has 1 amide bonds. The van der Waals surface area contributed by atoms with Crippen LogP contribution in [0.3, 0.4) is 0 Å². The van der Waals surface area contributed by atoms with Crippen molar-refractivity contribution in [1.29, 1.82) is 0 Å². The van der Waals surface area contributed by atoms with E-state index < -0.39 is 0 Å². The number of carbonyl (C=O) groups is 1. The Hall–Kier alpha value is -2.22. The number of hydrogen-bond acceptors (Lipinski definition) is 6. The molecule has 1 aliphatic rings. The predicted molar refractivity (Wildman–Crippen MR) is 86.9 cm³/mol. The van der Waals surface area contributed by atoms with Gasteiger partial charge in [-0.15, -0.1) is 0 Å². The summed E-state index contributed by atoms with van der Waals surface area (Å²) in [5.74, 6) is 2.35. The van der Waals surface area contributed by atoms with Crippen LogP contribution in [0.5, 0.6) is 0 Å². The van der Waals surface area contributed by atoms with Gasteiger partial charge in [0.05, 0.1) is 13.1 Å². The van der Waals surface area contributed by atoms with E-state index in [0.717, 1.165) is 31.9 Å². The van der Waals surface area contributed by atoms with E-state index in [9.17, 15) is 4.79 Å². The Morgan fingerprint density at radius 1 is 1.54 bits per heavy atom. The van der Waals surface area contributed by atoms with E-state index in [1.807, 2.05) is 24.9 Å². The van der Waals surface area contributed by atoms with Gasteiger partial charge in [0.25, 0.3) is 0 Å². The Kier molecular flexibility index (Phi) is 4.94. The second-order valence-corrected chi connectivity index (χ2v) is 6.56. The highest BCUT2D eigenvalue weighted by Gasteiger charge is 2.30. The summed E-state index contributed by atoms with van der Waals surface area (Å²) in [6.45, 7) is 8.54. The molecular weight excluding hydrogens is 308 g/mol. The third-order valence-electron chi connectivity index (χ3n) is 4.31. The van der Waals surface area contributed by atoms with Gasteiger partial charge in [-0.05, 0) is 6.42 Å². The van der Waals surface area contributed by atoms with E-state index in [4.69, 9.17) is 4.52 Å². The van der Waals surface area contributed by atoms with Crippen molar-refractivity contribution in [3.8, 4) is 0 Å². The van der Waals surface area contributed by atoms with Crippen LogP contribution in [0.1, 0.15) is 50.6 Å². The van der Waals surface area contributed by atoms with Crippen LogP contribution in [0.25, 0.3) is 0 Å². The van der Waals surface area contributed by atoms with Crippen LogP contribution in [-0.2, 0) is 17.9 Å². The maximum atomic E-state index is 12.1. The summed E-state index contributed by atoms with van der Waals surface area (Å²) in [5.41, 5.74) is 0. The molecule has 1 aliphatic heterocycles. The minimum absolute atomic E-state index is 0.0377. The molecule has 2 aromatic rings. The summed E-state index contributed by atoms with van der Waals surface area (Å²) in [5, 5.41) is 4.00. The summed E-state index contributed by atoms with van der Waals surface area (Å²) >= 11 is 0. The molecule has 0 spiro atoms. The van der Waals surface area contributed by atoms with Crippen molar-refractivity contribution in [2.24, 2.45) is 0 Å². The van der Waals surface area contributed by atoms with Crippen LogP contribution in [0.4, 0.5) is 0 Å². The smallest absolute Gasteiger partial charge is 0.229 e. The number of aromatic nitrogens is 4. The van der Waals surface area contributed by atoms with Gasteiger partial charge in [-0.2, -0.15) is 4.98 Å². The molecule has 0 unspecified atom stereocenters. The van der Waals surface area contributed by atoms with E-state index in [0.29, 0.717) is 18.3 Å². The van der Waals surface area contributed by atoms with E-state index in [1.165, 1.54) is 0 Å². The van der Waals surface area contributed by atoms with Crippen LogP contribution >= 0.6 is 0 Å². The van der Waals surface area contributed by atoms with E-state index in [2.05, 4.69) is 25.0 Å². The minimum atomic E-state index is 0.0377. The molecular formula is C16H24N6O2. The second-order valence-electron chi connectivity index (χ2n) is 6.56. The normalized spacial score (nSPS) is 18.4. The van der Waals surface area contributed by atoms with Gasteiger partial charge in [-0.3, -0.25) is 9.69 Å². The molecule has 8 heteroatoms. The number of nitrogens with zero attached hydrogens (tertiary/aromatic N) is 5. The second kappa shape index (κ2) is 7.12. The van der Waals surface area contributed by atoms with Crippen molar-refractivity contribution in [3.05, 3.63) is 29.9 Å². The molecule has 2 aromatic heterocycles. The first-order valence-corrected chi connectivity index (χ1v) is 8.33. The zero-order valence-corrected chi connectivity index (χ0v) is 14.4. The first kappa shape index (κ1) is 16.6. The molecule has 1 N–H and O–H groups in total. The minimum Gasteiger partial charge on any atom is -0.348 e. The fourth-order valence-corrected chi connectivity index (χ4v) is 3.02. The number of rotatable bonds is 6. The SMILES string of the molecule is CC(=O)N(Cc1noc(C(C)C)n1)[C@@H]1CCN(Cc2ncc[nH]2)C1. The summed E-state index contributed by atoms with van der Waals surface area (Å²) < 4.78 is 5.24.